The molecule has 0 aliphatic heterocycles. The summed E-state index contributed by atoms with van der Waals surface area (Å²) in [6.07, 6.45) is 0.386. The molecule has 0 spiro atoms. The van der Waals surface area contributed by atoms with E-state index in [1.165, 1.54) is 11.1 Å². The Morgan fingerprint density at radius 1 is 1.22 bits per heavy atom. The molecular formula is C14H22N2O2. The zero-order chi connectivity index (χ0) is 13.4. The van der Waals surface area contributed by atoms with E-state index in [1.54, 1.807) is 0 Å². The Morgan fingerprint density at radius 3 is 2.67 bits per heavy atom. The van der Waals surface area contributed by atoms with Crippen molar-refractivity contribution in [3.63, 3.8) is 0 Å². The molecule has 0 radical (unpaired) electrons. The van der Waals surface area contributed by atoms with Gasteiger partial charge in [0.2, 0.25) is 5.91 Å². The third-order valence-electron chi connectivity index (χ3n) is 2.77. The summed E-state index contributed by atoms with van der Waals surface area (Å²) >= 11 is 0. The van der Waals surface area contributed by atoms with Crippen LogP contribution in [0.2, 0.25) is 0 Å². The minimum Gasteiger partial charge on any atom is -0.493 e. The van der Waals surface area contributed by atoms with Crippen LogP contribution in [0.25, 0.3) is 0 Å². The maximum absolute atomic E-state index is 11.4. The highest BCUT2D eigenvalue weighted by Crippen LogP contribution is 2.16. The molecule has 1 aromatic carbocycles. The minimum absolute atomic E-state index is 0.0223. The summed E-state index contributed by atoms with van der Waals surface area (Å²) in [5, 5.41) is 5.78. The number of hydrogen-bond donors (Lipinski definition) is 2. The highest BCUT2D eigenvalue weighted by Gasteiger charge is 2.02. The quantitative estimate of drug-likeness (QED) is 0.719. The standard InChI is InChI=1S/C14H22N2O2/c1-11-4-5-13(10-12(11)2)18-9-6-14(17)16-8-7-15-3/h4-5,10,15H,6-9H2,1-3H3,(H,16,17). The lowest BCUT2D eigenvalue weighted by molar-refractivity contribution is -0.121. The van der Waals surface area contributed by atoms with E-state index in [0.29, 0.717) is 19.6 Å². The molecule has 0 aliphatic rings. The summed E-state index contributed by atoms with van der Waals surface area (Å²) in [6, 6.07) is 5.95. The summed E-state index contributed by atoms with van der Waals surface area (Å²) in [7, 11) is 1.86. The molecule has 1 aromatic rings. The number of nitrogens with one attached hydrogen (secondary N) is 2. The zero-order valence-corrected chi connectivity index (χ0v) is 11.4. The number of carbonyl (C=O) groups is 1. The fraction of sp³-hybridized carbons (Fsp3) is 0.500. The second-order valence-corrected chi connectivity index (χ2v) is 4.30. The fourth-order valence-corrected chi connectivity index (χ4v) is 1.48. The van der Waals surface area contributed by atoms with Gasteiger partial charge in [-0.25, -0.2) is 0 Å². The van der Waals surface area contributed by atoms with Gasteiger partial charge in [0.1, 0.15) is 5.75 Å². The molecule has 0 bridgehead atoms. The summed E-state index contributed by atoms with van der Waals surface area (Å²) in [4.78, 5) is 11.4. The predicted octanol–water partition coefficient (Wildman–Crippen LogP) is 1.41. The van der Waals surface area contributed by atoms with Crippen molar-refractivity contribution in [2.75, 3.05) is 26.7 Å². The third-order valence-corrected chi connectivity index (χ3v) is 2.77. The van der Waals surface area contributed by atoms with Gasteiger partial charge >= 0.3 is 0 Å². The molecule has 18 heavy (non-hydrogen) atoms. The molecule has 0 aromatic heterocycles. The van der Waals surface area contributed by atoms with Crippen LogP contribution in [-0.2, 0) is 4.79 Å². The normalized spacial score (nSPS) is 10.2. The van der Waals surface area contributed by atoms with Gasteiger partial charge in [-0.3, -0.25) is 4.79 Å². The lowest BCUT2D eigenvalue weighted by atomic mass is 10.1. The summed E-state index contributed by atoms with van der Waals surface area (Å²) in [5.74, 6) is 0.843. The molecule has 1 amide bonds. The number of likely N-dealkylation sites (N-methyl/N-ethyl adjacent to an activating group) is 1. The lowest BCUT2D eigenvalue weighted by Crippen LogP contribution is -2.31. The molecule has 0 aliphatic carbocycles. The molecule has 0 fully saturated rings. The minimum atomic E-state index is 0.0223. The smallest absolute Gasteiger partial charge is 0.223 e. The first-order valence-electron chi connectivity index (χ1n) is 6.25. The molecule has 0 atom stereocenters. The van der Waals surface area contributed by atoms with Crippen LogP contribution in [0, 0.1) is 13.8 Å². The fourth-order valence-electron chi connectivity index (χ4n) is 1.48. The molecule has 100 valence electrons. The van der Waals surface area contributed by atoms with Crippen molar-refractivity contribution in [1.29, 1.82) is 0 Å². The topological polar surface area (TPSA) is 50.4 Å². The van der Waals surface area contributed by atoms with E-state index in [4.69, 9.17) is 4.74 Å². The van der Waals surface area contributed by atoms with Crippen LogP contribution in [0.5, 0.6) is 5.75 Å². The van der Waals surface area contributed by atoms with Crippen molar-refractivity contribution < 1.29 is 9.53 Å². The molecule has 1 rings (SSSR count). The van der Waals surface area contributed by atoms with Gasteiger partial charge in [0, 0.05) is 13.1 Å². The number of aryl methyl sites for hydroxylation is 2. The van der Waals surface area contributed by atoms with Gasteiger partial charge in [-0.15, -0.1) is 0 Å². The van der Waals surface area contributed by atoms with Crippen LogP contribution in [-0.4, -0.2) is 32.7 Å². The van der Waals surface area contributed by atoms with Gasteiger partial charge in [0.05, 0.1) is 13.0 Å². The highest BCUT2D eigenvalue weighted by atomic mass is 16.5. The summed E-state index contributed by atoms with van der Waals surface area (Å²) < 4.78 is 5.54. The Balaban J connectivity index is 2.24. The van der Waals surface area contributed by atoms with Gasteiger partial charge in [-0.1, -0.05) is 6.07 Å². The van der Waals surface area contributed by atoms with Crippen molar-refractivity contribution in [2.24, 2.45) is 0 Å². The molecule has 0 unspecified atom stereocenters. The van der Waals surface area contributed by atoms with Crippen LogP contribution in [0.15, 0.2) is 18.2 Å². The highest BCUT2D eigenvalue weighted by molar-refractivity contribution is 5.75. The van der Waals surface area contributed by atoms with Crippen LogP contribution >= 0.6 is 0 Å². The molecular weight excluding hydrogens is 228 g/mol. The number of benzene rings is 1. The first kappa shape index (κ1) is 14.5. The number of ether oxygens (including phenoxy) is 1. The maximum Gasteiger partial charge on any atom is 0.223 e. The summed E-state index contributed by atoms with van der Waals surface area (Å²) in [5.41, 5.74) is 2.44. The monoisotopic (exact) mass is 250 g/mol. The van der Waals surface area contributed by atoms with Crippen molar-refractivity contribution in [1.82, 2.24) is 10.6 Å². The van der Waals surface area contributed by atoms with E-state index in [-0.39, 0.29) is 5.91 Å². The third kappa shape index (κ3) is 5.19. The Kier molecular flexibility index (Phi) is 6.22. The van der Waals surface area contributed by atoms with E-state index < -0.39 is 0 Å². The Bertz CT molecular complexity index is 391. The molecule has 4 heteroatoms. The second kappa shape index (κ2) is 7.71. The van der Waals surface area contributed by atoms with E-state index in [9.17, 15) is 4.79 Å². The maximum atomic E-state index is 11.4. The Labute approximate surface area is 109 Å². The van der Waals surface area contributed by atoms with Crippen molar-refractivity contribution in [3.05, 3.63) is 29.3 Å². The first-order chi connectivity index (χ1) is 8.63. The Morgan fingerprint density at radius 2 is 2.00 bits per heavy atom. The predicted molar refractivity (Wildman–Crippen MR) is 73.0 cm³/mol. The van der Waals surface area contributed by atoms with Crippen LogP contribution in [0.3, 0.4) is 0 Å². The van der Waals surface area contributed by atoms with E-state index in [1.807, 2.05) is 32.2 Å². The van der Waals surface area contributed by atoms with Crippen LogP contribution in [0.4, 0.5) is 0 Å². The van der Waals surface area contributed by atoms with Crippen molar-refractivity contribution >= 4 is 5.91 Å². The van der Waals surface area contributed by atoms with Crippen molar-refractivity contribution in [3.8, 4) is 5.75 Å². The molecule has 4 nitrogen and oxygen atoms in total. The van der Waals surface area contributed by atoms with E-state index >= 15 is 0 Å². The first-order valence-corrected chi connectivity index (χ1v) is 6.25. The van der Waals surface area contributed by atoms with E-state index in [2.05, 4.69) is 17.6 Å². The number of amides is 1. The largest absolute Gasteiger partial charge is 0.493 e. The SMILES string of the molecule is CNCCNC(=O)CCOc1ccc(C)c(C)c1. The van der Waals surface area contributed by atoms with Gasteiger partial charge in [-0.2, -0.15) is 0 Å². The van der Waals surface area contributed by atoms with E-state index in [0.717, 1.165) is 12.3 Å². The summed E-state index contributed by atoms with van der Waals surface area (Å²) in [6.45, 7) is 5.96. The van der Waals surface area contributed by atoms with Gasteiger partial charge in [-0.05, 0) is 44.2 Å². The number of rotatable bonds is 7. The molecule has 2 N–H and O–H groups in total. The van der Waals surface area contributed by atoms with Gasteiger partial charge in [0.15, 0.2) is 0 Å². The molecule has 0 saturated heterocycles. The number of carbonyl (C=O) groups excluding carboxylic acids is 1. The number of hydrogen-bond acceptors (Lipinski definition) is 3. The van der Waals surface area contributed by atoms with Crippen LogP contribution in [0.1, 0.15) is 17.5 Å². The van der Waals surface area contributed by atoms with Gasteiger partial charge < -0.3 is 15.4 Å². The van der Waals surface area contributed by atoms with Gasteiger partial charge in [0.25, 0.3) is 0 Å². The second-order valence-electron chi connectivity index (χ2n) is 4.30. The van der Waals surface area contributed by atoms with Crippen molar-refractivity contribution in [2.45, 2.75) is 20.3 Å². The average molecular weight is 250 g/mol. The zero-order valence-electron chi connectivity index (χ0n) is 11.4. The molecule has 0 heterocycles. The molecule has 0 saturated carbocycles. The lowest BCUT2D eigenvalue weighted by Gasteiger charge is -2.08. The van der Waals surface area contributed by atoms with Crippen LogP contribution < -0.4 is 15.4 Å². The Hall–Kier alpha value is -1.55. The average Bonchev–Trinajstić information content (AvgIpc) is 2.34.